The first-order valence-corrected chi connectivity index (χ1v) is 9.42. The highest BCUT2D eigenvalue weighted by Crippen LogP contribution is 2.31. The zero-order valence-electron chi connectivity index (χ0n) is 13.9. The molecule has 0 aliphatic heterocycles. The van der Waals surface area contributed by atoms with E-state index in [9.17, 15) is 0 Å². The van der Waals surface area contributed by atoms with Gasteiger partial charge in [0.15, 0.2) is 0 Å². The summed E-state index contributed by atoms with van der Waals surface area (Å²) in [7, 11) is 0. The van der Waals surface area contributed by atoms with E-state index in [-0.39, 0.29) is 0 Å². The molecule has 2 fully saturated rings. The van der Waals surface area contributed by atoms with Crippen molar-refractivity contribution >= 4 is 0 Å². The van der Waals surface area contributed by atoms with E-state index >= 15 is 0 Å². The Hall–Kier alpha value is -0.120. The SMILES string of the molecule is NCC1CCC(CCNCCC2CCC(CN)CC2)CC1. The number of rotatable bonds is 8. The van der Waals surface area contributed by atoms with Crippen LogP contribution in [0, 0.1) is 23.7 Å². The molecule has 2 aliphatic carbocycles. The van der Waals surface area contributed by atoms with Crippen LogP contribution in [-0.2, 0) is 0 Å². The maximum absolute atomic E-state index is 5.76. The van der Waals surface area contributed by atoms with Crippen molar-refractivity contribution < 1.29 is 0 Å². The summed E-state index contributed by atoms with van der Waals surface area (Å²) < 4.78 is 0. The van der Waals surface area contributed by atoms with Gasteiger partial charge in [0.25, 0.3) is 0 Å². The molecule has 0 radical (unpaired) electrons. The van der Waals surface area contributed by atoms with Gasteiger partial charge in [-0.05, 0) is 88.4 Å². The quantitative estimate of drug-likeness (QED) is 0.603. The molecule has 0 atom stereocenters. The molecule has 2 aliphatic rings. The second-order valence-electron chi connectivity index (χ2n) is 7.57. The molecular weight excluding hydrogens is 258 g/mol. The van der Waals surface area contributed by atoms with Gasteiger partial charge < -0.3 is 16.8 Å². The van der Waals surface area contributed by atoms with Crippen LogP contribution < -0.4 is 16.8 Å². The highest BCUT2D eigenvalue weighted by molar-refractivity contribution is 4.75. The Morgan fingerprint density at radius 3 is 1.24 bits per heavy atom. The van der Waals surface area contributed by atoms with Crippen LogP contribution in [0.15, 0.2) is 0 Å². The zero-order valence-corrected chi connectivity index (χ0v) is 13.9. The molecule has 0 heterocycles. The molecule has 2 rings (SSSR count). The van der Waals surface area contributed by atoms with Gasteiger partial charge in [-0.25, -0.2) is 0 Å². The maximum atomic E-state index is 5.76. The monoisotopic (exact) mass is 295 g/mol. The second-order valence-corrected chi connectivity index (χ2v) is 7.57. The number of hydrogen-bond donors (Lipinski definition) is 3. The predicted molar refractivity (Wildman–Crippen MR) is 91.1 cm³/mol. The van der Waals surface area contributed by atoms with E-state index in [4.69, 9.17) is 11.5 Å². The molecule has 0 unspecified atom stereocenters. The highest BCUT2D eigenvalue weighted by atomic mass is 14.8. The molecule has 0 amide bonds. The minimum atomic E-state index is 0.817. The van der Waals surface area contributed by atoms with Crippen molar-refractivity contribution in [1.29, 1.82) is 0 Å². The Bertz CT molecular complexity index is 227. The number of nitrogens with two attached hydrogens (primary N) is 2. The minimum Gasteiger partial charge on any atom is -0.330 e. The van der Waals surface area contributed by atoms with Crippen molar-refractivity contribution in [3.05, 3.63) is 0 Å². The van der Waals surface area contributed by atoms with Crippen LogP contribution in [0.25, 0.3) is 0 Å². The van der Waals surface area contributed by atoms with Gasteiger partial charge in [0, 0.05) is 0 Å². The first-order valence-electron chi connectivity index (χ1n) is 9.42. The van der Waals surface area contributed by atoms with Crippen LogP contribution in [0.1, 0.15) is 64.2 Å². The Kier molecular flexibility index (Phi) is 8.05. The first-order chi connectivity index (χ1) is 10.3. The van der Waals surface area contributed by atoms with Gasteiger partial charge in [-0.2, -0.15) is 0 Å². The van der Waals surface area contributed by atoms with Crippen molar-refractivity contribution in [2.45, 2.75) is 64.2 Å². The van der Waals surface area contributed by atoms with Crippen LogP contribution in [0.3, 0.4) is 0 Å². The average molecular weight is 296 g/mol. The van der Waals surface area contributed by atoms with E-state index in [1.807, 2.05) is 0 Å². The fourth-order valence-electron chi connectivity index (χ4n) is 4.25. The topological polar surface area (TPSA) is 64.1 Å². The van der Waals surface area contributed by atoms with Gasteiger partial charge in [0.2, 0.25) is 0 Å². The van der Waals surface area contributed by atoms with E-state index in [1.165, 1.54) is 77.3 Å². The van der Waals surface area contributed by atoms with Crippen molar-refractivity contribution in [1.82, 2.24) is 5.32 Å². The molecule has 124 valence electrons. The number of hydrogen-bond acceptors (Lipinski definition) is 3. The van der Waals surface area contributed by atoms with E-state index in [0.717, 1.165) is 36.8 Å². The molecule has 2 saturated carbocycles. The summed E-state index contributed by atoms with van der Waals surface area (Å²) in [6.45, 7) is 4.24. The molecule has 0 spiro atoms. The van der Waals surface area contributed by atoms with Crippen molar-refractivity contribution in [2.24, 2.45) is 35.1 Å². The standard InChI is InChI=1S/C18H37N3/c19-13-17-5-1-15(2-6-17)9-11-21-12-10-16-3-7-18(14-20)8-4-16/h15-18,21H,1-14,19-20H2. The lowest BCUT2D eigenvalue weighted by atomic mass is 9.80. The van der Waals surface area contributed by atoms with E-state index < -0.39 is 0 Å². The Balaban J connectivity index is 1.44. The van der Waals surface area contributed by atoms with Crippen molar-refractivity contribution in [3.63, 3.8) is 0 Å². The maximum Gasteiger partial charge on any atom is -0.00463 e. The van der Waals surface area contributed by atoms with Crippen LogP contribution in [0.2, 0.25) is 0 Å². The molecule has 0 bridgehead atoms. The van der Waals surface area contributed by atoms with Gasteiger partial charge in [-0.1, -0.05) is 25.7 Å². The van der Waals surface area contributed by atoms with Crippen molar-refractivity contribution in [3.8, 4) is 0 Å². The summed E-state index contributed by atoms with van der Waals surface area (Å²) in [5.41, 5.74) is 11.5. The third-order valence-electron chi connectivity index (χ3n) is 6.06. The lowest BCUT2D eigenvalue weighted by Crippen LogP contribution is -2.26. The first kappa shape index (κ1) is 17.2. The van der Waals surface area contributed by atoms with Gasteiger partial charge >= 0.3 is 0 Å². The van der Waals surface area contributed by atoms with Gasteiger partial charge in [0.1, 0.15) is 0 Å². The summed E-state index contributed by atoms with van der Waals surface area (Å²) in [6, 6.07) is 0. The summed E-state index contributed by atoms with van der Waals surface area (Å²) in [5, 5.41) is 3.68. The molecule has 3 heteroatoms. The summed E-state index contributed by atoms with van der Waals surface area (Å²) in [6.07, 6.45) is 13.8. The van der Waals surface area contributed by atoms with E-state index in [2.05, 4.69) is 5.32 Å². The molecule has 0 saturated heterocycles. The Morgan fingerprint density at radius 2 is 0.905 bits per heavy atom. The molecular formula is C18H37N3. The van der Waals surface area contributed by atoms with Crippen LogP contribution in [0.5, 0.6) is 0 Å². The molecule has 5 N–H and O–H groups in total. The third-order valence-corrected chi connectivity index (χ3v) is 6.06. The summed E-state index contributed by atoms with van der Waals surface area (Å²) in [4.78, 5) is 0. The fraction of sp³-hybridized carbons (Fsp3) is 1.00. The predicted octanol–water partition coefficient (Wildman–Crippen LogP) is 2.89. The Morgan fingerprint density at radius 1 is 0.571 bits per heavy atom. The third kappa shape index (κ3) is 6.25. The minimum absolute atomic E-state index is 0.817. The number of nitrogens with one attached hydrogen (secondary N) is 1. The van der Waals surface area contributed by atoms with Gasteiger partial charge in [0.05, 0.1) is 0 Å². The van der Waals surface area contributed by atoms with Crippen molar-refractivity contribution in [2.75, 3.05) is 26.2 Å². The zero-order chi connectivity index (χ0) is 14.9. The van der Waals surface area contributed by atoms with Gasteiger partial charge in [-0.15, -0.1) is 0 Å². The molecule has 0 aromatic carbocycles. The average Bonchev–Trinajstić information content (AvgIpc) is 2.55. The fourth-order valence-corrected chi connectivity index (χ4v) is 4.25. The van der Waals surface area contributed by atoms with E-state index in [0.29, 0.717) is 0 Å². The van der Waals surface area contributed by atoms with Crippen LogP contribution in [0.4, 0.5) is 0 Å². The second kappa shape index (κ2) is 9.81. The lowest BCUT2D eigenvalue weighted by Gasteiger charge is -2.28. The summed E-state index contributed by atoms with van der Waals surface area (Å²) in [5.74, 6) is 3.55. The lowest BCUT2D eigenvalue weighted by molar-refractivity contribution is 0.256. The van der Waals surface area contributed by atoms with Gasteiger partial charge in [-0.3, -0.25) is 0 Å². The molecule has 21 heavy (non-hydrogen) atoms. The normalized spacial score (nSPS) is 34.0. The highest BCUT2D eigenvalue weighted by Gasteiger charge is 2.21. The Labute approximate surface area is 131 Å². The smallest absolute Gasteiger partial charge is 0.00463 e. The van der Waals surface area contributed by atoms with Crippen LogP contribution in [-0.4, -0.2) is 26.2 Å². The molecule has 3 nitrogen and oxygen atoms in total. The van der Waals surface area contributed by atoms with E-state index in [1.54, 1.807) is 0 Å². The summed E-state index contributed by atoms with van der Waals surface area (Å²) >= 11 is 0. The van der Waals surface area contributed by atoms with Crippen LogP contribution >= 0.6 is 0 Å². The largest absolute Gasteiger partial charge is 0.330 e. The molecule has 0 aromatic heterocycles. The molecule has 0 aromatic rings.